The number of esters is 3. The van der Waals surface area contributed by atoms with Crippen molar-refractivity contribution in [3.8, 4) is 0 Å². The van der Waals surface area contributed by atoms with E-state index in [2.05, 4.69) is 27.7 Å². The van der Waals surface area contributed by atoms with Crippen molar-refractivity contribution in [3.05, 3.63) is 0 Å². The molecule has 0 rings (SSSR count). The largest absolute Gasteiger partial charge is 0.469 e. The van der Waals surface area contributed by atoms with Crippen molar-refractivity contribution >= 4 is 29.7 Å². The number of thioether (sulfide) groups is 1. The molecule has 2 atom stereocenters. The normalized spacial score (nSPS) is 15.2. The first-order valence-corrected chi connectivity index (χ1v) is 14.2. The molecule has 0 aromatic heterocycles. The van der Waals surface area contributed by atoms with Gasteiger partial charge in [0.25, 0.3) is 0 Å². The van der Waals surface area contributed by atoms with Crippen molar-refractivity contribution in [2.24, 2.45) is 22.2 Å². The SMILES string of the molecule is CCC(CC)C(C)(CC(CC)(CC)SCC(=O)OCC(O)COC(=O)C(C)(C)C(C)(C)C)C(=O)OC. The summed E-state index contributed by atoms with van der Waals surface area (Å²) >= 11 is 1.50. The molecule has 7 nitrogen and oxygen atoms in total. The topological polar surface area (TPSA) is 99.1 Å². The lowest BCUT2D eigenvalue weighted by molar-refractivity contribution is -0.165. The second-order valence-electron chi connectivity index (χ2n) is 11.6. The van der Waals surface area contributed by atoms with Gasteiger partial charge < -0.3 is 19.3 Å². The molecule has 0 fully saturated rings. The van der Waals surface area contributed by atoms with E-state index in [1.165, 1.54) is 18.9 Å². The van der Waals surface area contributed by atoms with Crippen molar-refractivity contribution in [3.63, 3.8) is 0 Å². The zero-order valence-electron chi connectivity index (χ0n) is 24.6. The van der Waals surface area contributed by atoms with Gasteiger partial charge in [0.15, 0.2) is 0 Å². The summed E-state index contributed by atoms with van der Waals surface area (Å²) in [6, 6.07) is 0. The quantitative estimate of drug-likeness (QED) is 0.197. The number of carbonyl (C=O) groups excluding carboxylic acids is 3. The molecule has 212 valence electrons. The standard InChI is InChI=1S/C28H52O7S/c1-12-20(13-2)27(10,24(32)33-11)19-28(14-3,15-4)36-18-22(30)34-16-21(29)17-35-23(31)26(8,9)25(5,6)7/h20-21,29H,12-19H2,1-11H3. The summed E-state index contributed by atoms with van der Waals surface area (Å²) in [5, 5.41) is 10.2. The molecule has 0 aromatic carbocycles. The van der Waals surface area contributed by atoms with Gasteiger partial charge in [0.1, 0.15) is 19.3 Å². The minimum Gasteiger partial charge on any atom is -0.469 e. The van der Waals surface area contributed by atoms with Crippen molar-refractivity contribution in [1.29, 1.82) is 0 Å². The average Bonchev–Trinajstić information content (AvgIpc) is 2.83. The highest BCUT2D eigenvalue weighted by Crippen LogP contribution is 2.48. The Morgan fingerprint density at radius 1 is 0.833 bits per heavy atom. The first kappa shape index (κ1) is 34.7. The molecule has 8 heteroatoms. The molecule has 0 heterocycles. The van der Waals surface area contributed by atoms with Crippen LogP contribution in [0.4, 0.5) is 0 Å². The van der Waals surface area contributed by atoms with Crippen LogP contribution in [-0.2, 0) is 28.6 Å². The first-order chi connectivity index (χ1) is 16.5. The van der Waals surface area contributed by atoms with Gasteiger partial charge in [-0.3, -0.25) is 14.4 Å². The molecular weight excluding hydrogens is 480 g/mol. The highest BCUT2D eigenvalue weighted by molar-refractivity contribution is 8.01. The Bertz CT molecular complexity index is 705. The fraction of sp³-hybridized carbons (Fsp3) is 0.893. The second-order valence-corrected chi connectivity index (χ2v) is 13.0. The molecule has 0 aliphatic rings. The number of rotatable bonds is 16. The Hall–Kier alpha value is -1.28. The van der Waals surface area contributed by atoms with Crippen LogP contribution >= 0.6 is 11.8 Å². The number of carbonyl (C=O) groups is 3. The van der Waals surface area contributed by atoms with Crippen LogP contribution in [0.3, 0.4) is 0 Å². The minimum atomic E-state index is -1.10. The number of aliphatic hydroxyl groups excluding tert-OH is 1. The Labute approximate surface area is 223 Å². The second kappa shape index (κ2) is 14.6. The number of hydrogen-bond donors (Lipinski definition) is 1. The van der Waals surface area contributed by atoms with Crippen LogP contribution in [0.1, 0.15) is 101 Å². The predicted octanol–water partition coefficient (Wildman–Crippen LogP) is 5.80. The Balaban J connectivity index is 5.07. The van der Waals surface area contributed by atoms with Gasteiger partial charge in [0, 0.05) is 4.75 Å². The third-order valence-corrected chi connectivity index (χ3v) is 9.96. The third kappa shape index (κ3) is 9.23. The van der Waals surface area contributed by atoms with Gasteiger partial charge >= 0.3 is 17.9 Å². The van der Waals surface area contributed by atoms with E-state index < -0.39 is 28.9 Å². The molecule has 0 radical (unpaired) electrons. The summed E-state index contributed by atoms with van der Waals surface area (Å²) in [5.74, 6) is -0.786. The van der Waals surface area contributed by atoms with E-state index in [4.69, 9.17) is 14.2 Å². The van der Waals surface area contributed by atoms with Gasteiger partial charge in [-0.05, 0) is 51.4 Å². The van der Waals surface area contributed by atoms with E-state index in [0.717, 1.165) is 25.7 Å². The molecular formula is C28H52O7S. The molecule has 0 amide bonds. The van der Waals surface area contributed by atoms with Gasteiger partial charge in [-0.2, -0.15) is 0 Å². The zero-order chi connectivity index (χ0) is 28.4. The monoisotopic (exact) mass is 532 g/mol. The van der Waals surface area contributed by atoms with E-state index in [9.17, 15) is 19.5 Å². The van der Waals surface area contributed by atoms with Crippen LogP contribution in [-0.4, -0.2) is 59.9 Å². The van der Waals surface area contributed by atoms with Crippen molar-refractivity contribution in [2.45, 2.75) is 112 Å². The summed E-state index contributed by atoms with van der Waals surface area (Å²) in [6.45, 7) is 19.3. The molecule has 0 saturated carbocycles. The van der Waals surface area contributed by atoms with Crippen LogP contribution in [0.5, 0.6) is 0 Å². The van der Waals surface area contributed by atoms with Crippen LogP contribution in [0.2, 0.25) is 0 Å². The first-order valence-electron chi connectivity index (χ1n) is 13.2. The summed E-state index contributed by atoms with van der Waals surface area (Å²) in [5.41, 5.74) is -1.68. The highest BCUT2D eigenvalue weighted by atomic mass is 32.2. The number of aliphatic hydroxyl groups is 1. The predicted molar refractivity (Wildman–Crippen MR) is 146 cm³/mol. The highest BCUT2D eigenvalue weighted by Gasteiger charge is 2.47. The number of methoxy groups -OCH3 is 1. The molecule has 36 heavy (non-hydrogen) atoms. The van der Waals surface area contributed by atoms with Crippen LogP contribution in [0, 0.1) is 22.2 Å². The summed E-state index contributed by atoms with van der Waals surface area (Å²) < 4.78 is 15.5. The molecule has 0 spiro atoms. The van der Waals surface area contributed by atoms with Crippen molar-refractivity contribution < 1.29 is 33.7 Å². The lowest BCUT2D eigenvalue weighted by atomic mass is 9.68. The molecule has 1 N–H and O–H groups in total. The minimum absolute atomic E-state index is 0.103. The number of ether oxygens (including phenoxy) is 3. The van der Waals surface area contributed by atoms with Crippen LogP contribution in [0.15, 0.2) is 0 Å². The Morgan fingerprint density at radius 3 is 1.75 bits per heavy atom. The maximum Gasteiger partial charge on any atom is 0.316 e. The van der Waals surface area contributed by atoms with Gasteiger partial charge in [-0.15, -0.1) is 11.8 Å². The van der Waals surface area contributed by atoms with E-state index in [0.29, 0.717) is 6.42 Å². The van der Waals surface area contributed by atoms with Crippen molar-refractivity contribution in [2.75, 3.05) is 26.1 Å². The van der Waals surface area contributed by atoms with Gasteiger partial charge in [-0.1, -0.05) is 61.3 Å². The lowest BCUT2D eigenvalue weighted by Gasteiger charge is -2.42. The smallest absolute Gasteiger partial charge is 0.316 e. The van der Waals surface area contributed by atoms with Gasteiger partial charge in [0.2, 0.25) is 0 Å². The lowest BCUT2D eigenvalue weighted by Crippen LogP contribution is -2.43. The van der Waals surface area contributed by atoms with E-state index in [-0.39, 0.29) is 41.0 Å². The van der Waals surface area contributed by atoms with E-state index in [1.807, 2.05) is 27.7 Å². The molecule has 0 aliphatic carbocycles. The average molecular weight is 533 g/mol. The van der Waals surface area contributed by atoms with Crippen LogP contribution < -0.4 is 0 Å². The summed E-state index contributed by atoms with van der Waals surface area (Å²) in [4.78, 5) is 37.8. The maximum atomic E-state index is 12.9. The Kier molecular flexibility index (Phi) is 14.1. The molecule has 0 saturated heterocycles. The van der Waals surface area contributed by atoms with E-state index >= 15 is 0 Å². The maximum absolute atomic E-state index is 12.9. The van der Waals surface area contributed by atoms with Crippen molar-refractivity contribution in [1.82, 2.24) is 0 Å². The van der Waals surface area contributed by atoms with Gasteiger partial charge in [-0.25, -0.2) is 0 Å². The summed E-state index contributed by atoms with van der Waals surface area (Å²) in [6.07, 6.45) is 2.82. The van der Waals surface area contributed by atoms with Gasteiger partial charge in [0.05, 0.1) is 23.7 Å². The zero-order valence-corrected chi connectivity index (χ0v) is 25.4. The molecule has 0 aliphatic heterocycles. The summed E-state index contributed by atoms with van der Waals surface area (Å²) in [7, 11) is 1.43. The molecule has 2 unspecified atom stereocenters. The van der Waals surface area contributed by atoms with E-state index in [1.54, 1.807) is 13.8 Å². The fourth-order valence-corrected chi connectivity index (χ4v) is 5.70. The molecule has 0 aromatic rings. The fourth-order valence-electron chi connectivity index (χ4n) is 4.38. The Morgan fingerprint density at radius 2 is 1.33 bits per heavy atom. The van der Waals surface area contributed by atoms with Crippen LogP contribution in [0.25, 0.3) is 0 Å². The molecule has 0 bridgehead atoms. The third-order valence-electron chi connectivity index (χ3n) is 8.24. The number of hydrogen-bond acceptors (Lipinski definition) is 8.